The third-order valence-electron chi connectivity index (χ3n) is 7.11. The van der Waals surface area contributed by atoms with E-state index in [1.165, 1.54) is 12.1 Å². The predicted molar refractivity (Wildman–Crippen MR) is 142 cm³/mol. The minimum absolute atomic E-state index is 0.0610. The summed E-state index contributed by atoms with van der Waals surface area (Å²) in [6.07, 6.45) is -1.97. The van der Waals surface area contributed by atoms with Crippen LogP contribution in [-0.4, -0.2) is 46.4 Å². The molecule has 0 spiro atoms. The van der Waals surface area contributed by atoms with Gasteiger partial charge in [-0.15, -0.1) is 13.2 Å². The van der Waals surface area contributed by atoms with Crippen molar-refractivity contribution in [1.82, 2.24) is 19.7 Å². The van der Waals surface area contributed by atoms with Crippen molar-refractivity contribution >= 4 is 33.5 Å². The van der Waals surface area contributed by atoms with Crippen LogP contribution < -0.4 is 9.47 Å². The molecular formula is C28H24ClF3N4O4. The Morgan fingerprint density at radius 3 is 2.50 bits per heavy atom. The second-order valence-corrected chi connectivity index (χ2v) is 10.0. The Balaban J connectivity index is 1.68. The number of hydrogen-bond acceptors (Lipinski definition) is 7. The molecule has 208 valence electrons. The average Bonchev–Trinajstić information content (AvgIpc) is 3.47. The van der Waals surface area contributed by atoms with Crippen LogP contribution >= 0.6 is 11.6 Å². The van der Waals surface area contributed by atoms with Crippen molar-refractivity contribution in [3.63, 3.8) is 0 Å². The van der Waals surface area contributed by atoms with Crippen molar-refractivity contribution in [3.8, 4) is 28.3 Å². The SMILES string of the molecule is COc1cc2c(cc1-c1c(C)noc1C)ncc1nc(C3CCOCC3)n(-c3ccc(Cl)cc3OC(F)(F)F)c12. The van der Waals surface area contributed by atoms with E-state index < -0.39 is 12.1 Å². The molecule has 0 saturated carbocycles. The van der Waals surface area contributed by atoms with Crippen LogP contribution in [0.15, 0.2) is 41.1 Å². The molecule has 6 rings (SSSR count). The van der Waals surface area contributed by atoms with E-state index in [0.717, 1.165) is 17.2 Å². The molecule has 1 aliphatic heterocycles. The molecule has 40 heavy (non-hydrogen) atoms. The van der Waals surface area contributed by atoms with Gasteiger partial charge < -0.3 is 18.7 Å². The molecule has 3 aromatic heterocycles. The molecule has 1 aliphatic rings. The normalized spacial score (nSPS) is 14.8. The Bertz CT molecular complexity index is 1720. The molecule has 0 unspecified atom stereocenters. The van der Waals surface area contributed by atoms with Gasteiger partial charge in [0.05, 0.1) is 41.3 Å². The van der Waals surface area contributed by atoms with Crippen LogP contribution in [0, 0.1) is 13.8 Å². The largest absolute Gasteiger partial charge is 0.573 e. The molecule has 0 radical (unpaired) electrons. The summed E-state index contributed by atoms with van der Waals surface area (Å²) < 4.78 is 63.4. The molecule has 1 fully saturated rings. The maximum Gasteiger partial charge on any atom is 0.573 e. The molecule has 2 aromatic carbocycles. The first-order valence-electron chi connectivity index (χ1n) is 12.6. The lowest BCUT2D eigenvalue weighted by Gasteiger charge is -2.24. The topological polar surface area (TPSA) is 84.4 Å². The molecule has 0 amide bonds. The van der Waals surface area contributed by atoms with Crippen LogP contribution in [0.2, 0.25) is 5.02 Å². The van der Waals surface area contributed by atoms with E-state index in [0.29, 0.717) is 71.0 Å². The van der Waals surface area contributed by atoms with Gasteiger partial charge in [-0.3, -0.25) is 9.55 Å². The molecule has 5 aromatic rings. The van der Waals surface area contributed by atoms with E-state index >= 15 is 0 Å². The number of alkyl halides is 3. The Hall–Kier alpha value is -3.83. The Morgan fingerprint density at radius 2 is 1.82 bits per heavy atom. The number of rotatable bonds is 5. The fraction of sp³-hybridized carbons (Fsp3) is 0.321. The number of halogens is 4. The maximum absolute atomic E-state index is 13.5. The summed E-state index contributed by atoms with van der Waals surface area (Å²) in [5.74, 6) is 1.25. The Kier molecular flexibility index (Phi) is 6.58. The lowest BCUT2D eigenvalue weighted by atomic mass is 9.99. The van der Waals surface area contributed by atoms with E-state index in [2.05, 4.69) is 14.9 Å². The fourth-order valence-electron chi connectivity index (χ4n) is 5.38. The summed E-state index contributed by atoms with van der Waals surface area (Å²) in [7, 11) is 1.55. The molecule has 4 heterocycles. The number of benzene rings is 2. The quantitative estimate of drug-likeness (QED) is 0.218. The monoisotopic (exact) mass is 572 g/mol. The van der Waals surface area contributed by atoms with Gasteiger partial charge in [0.15, 0.2) is 5.75 Å². The van der Waals surface area contributed by atoms with Crippen LogP contribution in [0.3, 0.4) is 0 Å². The molecule has 0 atom stereocenters. The zero-order valence-corrected chi connectivity index (χ0v) is 22.6. The number of ether oxygens (including phenoxy) is 3. The first-order valence-corrected chi connectivity index (χ1v) is 13.0. The minimum Gasteiger partial charge on any atom is -0.496 e. The van der Waals surface area contributed by atoms with Gasteiger partial charge in [-0.25, -0.2) is 4.98 Å². The van der Waals surface area contributed by atoms with Gasteiger partial charge in [0, 0.05) is 41.2 Å². The van der Waals surface area contributed by atoms with Gasteiger partial charge >= 0.3 is 6.36 Å². The highest BCUT2D eigenvalue weighted by Crippen LogP contribution is 2.42. The van der Waals surface area contributed by atoms with Crippen molar-refractivity contribution in [3.05, 3.63) is 58.8 Å². The van der Waals surface area contributed by atoms with E-state index in [1.807, 2.05) is 26.0 Å². The fourth-order valence-corrected chi connectivity index (χ4v) is 5.55. The zero-order valence-electron chi connectivity index (χ0n) is 21.8. The highest BCUT2D eigenvalue weighted by Gasteiger charge is 2.34. The van der Waals surface area contributed by atoms with Crippen molar-refractivity contribution in [2.75, 3.05) is 20.3 Å². The number of imidazole rings is 1. The first kappa shape index (κ1) is 26.4. The Labute approximate surface area is 231 Å². The van der Waals surface area contributed by atoms with Crippen LogP contribution in [0.25, 0.3) is 38.8 Å². The number of pyridine rings is 1. The van der Waals surface area contributed by atoms with Crippen molar-refractivity contribution < 1.29 is 31.9 Å². The van der Waals surface area contributed by atoms with Crippen molar-refractivity contribution in [2.45, 2.75) is 39.0 Å². The predicted octanol–water partition coefficient (Wildman–Crippen LogP) is 7.30. The number of hydrogen-bond donors (Lipinski definition) is 0. The van der Waals surface area contributed by atoms with Crippen LogP contribution in [0.1, 0.15) is 36.0 Å². The standard InChI is InChI=1S/C28H24ClF3N4O4/c1-14-25(15(2)40-35-14)19-11-20-18(12-23(19)37-3)26-21(13-33-20)34-27(16-6-8-38-9-7-16)36(26)22-5-4-17(29)10-24(22)39-28(30,31)32/h4-5,10-13,16H,6-9H2,1-3H3. The van der Waals surface area contributed by atoms with Crippen molar-refractivity contribution in [1.29, 1.82) is 0 Å². The van der Waals surface area contributed by atoms with Gasteiger partial charge in [0.2, 0.25) is 0 Å². The third-order valence-corrected chi connectivity index (χ3v) is 7.34. The van der Waals surface area contributed by atoms with Gasteiger partial charge in [-0.2, -0.15) is 0 Å². The van der Waals surface area contributed by atoms with Gasteiger partial charge in [0.1, 0.15) is 22.9 Å². The first-order chi connectivity index (χ1) is 19.1. The molecule has 1 saturated heterocycles. The van der Waals surface area contributed by atoms with Crippen LogP contribution in [0.4, 0.5) is 13.2 Å². The average molecular weight is 573 g/mol. The molecule has 0 aliphatic carbocycles. The van der Waals surface area contributed by atoms with Crippen LogP contribution in [0.5, 0.6) is 11.5 Å². The number of fused-ring (bicyclic) bond motifs is 3. The smallest absolute Gasteiger partial charge is 0.496 e. The zero-order chi connectivity index (χ0) is 28.2. The molecule has 12 heteroatoms. The van der Waals surface area contributed by atoms with E-state index in [1.54, 1.807) is 17.9 Å². The van der Waals surface area contributed by atoms with Crippen molar-refractivity contribution in [2.24, 2.45) is 0 Å². The molecule has 0 bridgehead atoms. The van der Waals surface area contributed by atoms with E-state index in [-0.39, 0.29) is 16.6 Å². The second-order valence-electron chi connectivity index (χ2n) is 9.61. The number of methoxy groups -OCH3 is 1. The van der Waals surface area contributed by atoms with Crippen LogP contribution in [-0.2, 0) is 4.74 Å². The summed E-state index contributed by atoms with van der Waals surface area (Å²) in [6.45, 7) is 4.69. The second kappa shape index (κ2) is 9.97. The minimum atomic E-state index is -4.93. The number of aryl methyl sites for hydroxylation is 2. The summed E-state index contributed by atoms with van der Waals surface area (Å²) in [4.78, 5) is 9.55. The summed E-state index contributed by atoms with van der Waals surface area (Å²) in [5.41, 5.74) is 4.07. The van der Waals surface area contributed by atoms with Gasteiger partial charge in [-0.05, 0) is 51.0 Å². The Morgan fingerprint density at radius 1 is 1.05 bits per heavy atom. The number of nitrogens with zero attached hydrogens (tertiary/aromatic N) is 4. The maximum atomic E-state index is 13.5. The van der Waals surface area contributed by atoms with E-state index in [9.17, 15) is 13.2 Å². The summed E-state index contributed by atoms with van der Waals surface area (Å²) >= 11 is 6.11. The molecular weight excluding hydrogens is 549 g/mol. The number of aromatic nitrogens is 4. The highest BCUT2D eigenvalue weighted by molar-refractivity contribution is 6.30. The molecule has 0 N–H and O–H groups in total. The lowest BCUT2D eigenvalue weighted by Crippen LogP contribution is -2.20. The molecule has 8 nitrogen and oxygen atoms in total. The third kappa shape index (κ3) is 4.62. The lowest BCUT2D eigenvalue weighted by molar-refractivity contribution is -0.274. The van der Waals surface area contributed by atoms with Gasteiger partial charge in [-0.1, -0.05) is 16.8 Å². The highest BCUT2D eigenvalue weighted by atomic mass is 35.5. The van der Waals surface area contributed by atoms with E-state index in [4.69, 9.17) is 30.6 Å². The summed E-state index contributed by atoms with van der Waals surface area (Å²) in [6, 6.07) is 7.87. The van der Waals surface area contributed by atoms with Gasteiger partial charge in [0.25, 0.3) is 0 Å². The summed E-state index contributed by atoms with van der Waals surface area (Å²) in [5, 5.41) is 4.81.